The number of carbonyl (C=O) groups is 1. The molecule has 0 heterocycles. The van der Waals surface area contributed by atoms with E-state index in [1.807, 2.05) is 6.07 Å². The summed E-state index contributed by atoms with van der Waals surface area (Å²) in [5.41, 5.74) is 0.907. The minimum Gasteiger partial charge on any atom is -0.321 e. The van der Waals surface area contributed by atoms with Crippen molar-refractivity contribution in [3.8, 4) is 0 Å². The number of benzene rings is 2. The average molecular weight is 400 g/mol. The Balaban J connectivity index is 2.25. The maximum absolute atomic E-state index is 12.1. The van der Waals surface area contributed by atoms with Gasteiger partial charge in [0.25, 0.3) is 11.6 Å². The van der Waals surface area contributed by atoms with Gasteiger partial charge in [-0.25, -0.2) is 0 Å². The third-order valence-corrected chi connectivity index (χ3v) is 3.88. The summed E-state index contributed by atoms with van der Waals surface area (Å²) in [4.78, 5) is 22.3. The van der Waals surface area contributed by atoms with Crippen molar-refractivity contribution in [3.63, 3.8) is 0 Å². The SMILES string of the molecule is O=C(Nc1ccc([N+](=O)[O-])cc1Br)c1ccccc1Br. The molecule has 0 unspecified atom stereocenters. The molecule has 0 aliphatic carbocycles. The molecule has 2 aromatic rings. The Hall–Kier alpha value is -1.73. The van der Waals surface area contributed by atoms with E-state index in [4.69, 9.17) is 0 Å². The third-order valence-electron chi connectivity index (χ3n) is 2.53. The predicted octanol–water partition coefficient (Wildman–Crippen LogP) is 4.37. The van der Waals surface area contributed by atoms with Crippen molar-refractivity contribution in [1.29, 1.82) is 0 Å². The molecule has 7 heteroatoms. The highest BCUT2D eigenvalue weighted by Crippen LogP contribution is 2.28. The molecule has 0 aliphatic heterocycles. The van der Waals surface area contributed by atoms with Gasteiger partial charge < -0.3 is 5.32 Å². The number of nitro benzene ring substituents is 1. The highest BCUT2D eigenvalue weighted by atomic mass is 79.9. The fourth-order valence-electron chi connectivity index (χ4n) is 1.55. The van der Waals surface area contributed by atoms with Crippen LogP contribution in [0.15, 0.2) is 51.4 Å². The van der Waals surface area contributed by atoms with Gasteiger partial charge in [-0.1, -0.05) is 12.1 Å². The number of halogens is 2. The van der Waals surface area contributed by atoms with Crippen LogP contribution in [0.25, 0.3) is 0 Å². The molecule has 0 aromatic heterocycles. The van der Waals surface area contributed by atoms with Crippen LogP contribution < -0.4 is 5.32 Å². The van der Waals surface area contributed by atoms with Crippen molar-refractivity contribution >= 4 is 49.1 Å². The van der Waals surface area contributed by atoms with Crippen molar-refractivity contribution < 1.29 is 9.72 Å². The minimum atomic E-state index is -0.496. The molecule has 1 amide bonds. The van der Waals surface area contributed by atoms with E-state index < -0.39 is 4.92 Å². The average Bonchev–Trinajstić information content (AvgIpc) is 2.41. The summed E-state index contributed by atoms with van der Waals surface area (Å²) >= 11 is 6.50. The van der Waals surface area contributed by atoms with Gasteiger partial charge in [0.15, 0.2) is 0 Å². The van der Waals surface area contributed by atoms with Gasteiger partial charge in [0.1, 0.15) is 0 Å². The van der Waals surface area contributed by atoms with Gasteiger partial charge in [0, 0.05) is 21.1 Å². The van der Waals surface area contributed by atoms with E-state index in [9.17, 15) is 14.9 Å². The zero-order chi connectivity index (χ0) is 14.7. The summed E-state index contributed by atoms with van der Waals surface area (Å²) < 4.78 is 1.13. The molecule has 5 nitrogen and oxygen atoms in total. The molecule has 0 saturated heterocycles. The summed E-state index contributed by atoms with van der Waals surface area (Å²) in [7, 11) is 0. The van der Waals surface area contributed by atoms with Gasteiger partial charge >= 0.3 is 0 Å². The number of nitro groups is 1. The zero-order valence-corrected chi connectivity index (χ0v) is 13.1. The van der Waals surface area contributed by atoms with Crippen LogP contribution in [0.4, 0.5) is 11.4 Å². The number of nitrogens with zero attached hydrogens (tertiary/aromatic N) is 1. The van der Waals surface area contributed by atoms with E-state index >= 15 is 0 Å². The Morgan fingerprint density at radius 2 is 1.80 bits per heavy atom. The Morgan fingerprint density at radius 3 is 2.40 bits per heavy atom. The van der Waals surface area contributed by atoms with E-state index in [0.717, 1.165) is 0 Å². The number of rotatable bonds is 3. The van der Waals surface area contributed by atoms with Crippen molar-refractivity contribution in [2.75, 3.05) is 5.32 Å². The van der Waals surface area contributed by atoms with E-state index in [1.165, 1.54) is 18.2 Å². The number of carbonyl (C=O) groups excluding carboxylic acids is 1. The van der Waals surface area contributed by atoms with Crippen molar-refractivity contribution in [2.45, 2.75) is 0 Å². The maximum atomic E-state index is 12.1. The van der Waals surface area contributed by atoms with Crippen LogP contribution in [-0.4, -0.2) is 10.8 Å². The first-order chi connectivity index (χ1) is 9.49. The molecule has 102 valence electrons. The number of amides is 1. The largest absolute Gasteiger partial charge is 0.321 e. The van der Waals surface area contributed by atoms with E-state index in [1.54, 1.807) is 18.2 Å². The van der Waals surface area contributed by atoms with Crippen LogP contribution in [0.1, 0.15) is 10.4 Å². The second kappa shape index (κ2) is 6.15. The van der Waals surface area contributed by atoms with Crippen LogP contribution in [0.3, 0.4) is 0 Å². The minimum absolute atomic E-state index is 0.0456. The molecule has 2 aromatic carbocycles. The Bertz CT molecular complexity index is 689. The molecule has 0 spiro atoms. The van der Waals surface area contributed by atoms with Gasteiger partial charge in [-0.2, -0.15) is 0 Å². The van der Waals surface area contributed by atoms with Crippen LogP contribution in [0.2, 0.25) is 0 Å². The van der Waals surface area contributed by atoms with Crippen molar-refractivity contribution in [3.05, 3.63) is 67.1 Å². The second-order valence-corrected chi connectivity index (χ2v) is 5.56. The fourth-order valence-corrected chi connectivity index (χ4v) is 2.48. The molecular formula is C13H8Br2N2O3. The smallest absolute Gasteiger partial charge is 0.270 e. The van der Waals surface area contributed by atoms with Crippen molar-refractivity contribution in [1.82, 2.24) is 0 Å². The predicted molar refractivity (Wildman–Crippen MR) is 82.9 cm³/mol. The standard InChI is InChI=1S/C13H8Br2N2O3/c14-10-4-2-1-3-9(10)13(18)16-12-6-5-8(17(19)20)7-11(12)15/h1-7H,(H,16,18). The van der Waals surface area contributed by atoms with Gasteiger partial charge in [0.05, 0.1) is 16.2 Å². The number of hydrogen-bond donors (Lipinski definition) is 1. The Labute approximate surface area is 131 Å². The van der Waals surface area contributed by atoms with E-state index in [-0.39, 0.29) is 11.6 Å². The van der Waals surface area contributed by atoms with Crippen molar-refractivity contribution in [2.24, 2.45) is 0 Å². The second-order valence-electron chi connectivity index (χ2n) is 3.86. The first-order valence-corrected chi connectivity index (χ1v) is 7.07. The summed E-state index contributed by atoms with van der Waals surface area (Å²) in [5.74, 6) is -0.299. The lowest BCUT2D eigenvalue weighted by Gasteiger charge is -2.08. The van der Waals surface area contributed by atoms with E-state index in [2.05, 4.69) is 37.2 Å². The van der Waals surface area contributed by atoms with Crippen LogP contribution in [0.5, 0.6) is 0 Å². The normalized spacial score (nSPS) is 10.1. The topological polar surface area (TPSA) is 72.2 Å². The van der Waals surface area contributed by atoms with Gasteiger partial charge in [-0.3, -0.25) is 14.9 Å². The summed E-state index contributed by atoms with van der Waals surface area (Å²) in [6.45, 7) is 0. The molecule has 1 N–H and O–H groups in total. The molecule has 0 aliphatic rings. The lowest BCUT2D eigenvalue weighted by Crippen LogP contribution is -2.12. The third kappa shape index (κ3) is 3.23. The summed E-state index contributed by atoms with van der Waals surface area (Å²) in [5, 5.41) is 13.3. The molecule has 0 fully saturated rings. The van der Waals surface area contributed by atoms with Gasteiger partial charge in [-0.05, 0) is 50.1 Å². The molecular weight excluding hydrogens is 392 g/mol. The highest BCUT2D eigenvalue weighted by molar-refractivity contribution is 9.11. The summed E-state index contributed by atoms with van der Waals surface area (Å²) in [6.07, 6.45) is 0. The van der Waals surface area contributed by atoms with Gasteiger partial charge in [0.2, 0.25) is 0 Å². The number of nitrogens with one attached hydrogen (secondary N) is 1. The maximum Gasteiger partial charge on any atom is 0.270 e. The highest BCUT2D eigenvalue weighted by Gasteiger charge is 2.13. The molecule has 0 radical (unpaired) electrons. The summed E-state index contributed by atoms with van der Waals surface area (Å²) in [6, 6.07) is 11.2. The Kier molecular flexibility index (Phi) is 4.51. The molecule has 0 saturated carbocycles. The quantitative estimate of drug-likeness (QED) is 0.615. The number of hydrogen-bond acceptors (Lipinski definition) is 3. The number of anilines is 1. The lowest BCUT2D eigenvalue weighted by atomic mass is 10.2. The van der Waals surface area contributed by atoms with Gasteiger partial charge in [-0.15, -0.1) is 0 Å². The molecule has 20 heavy (non-hydrogen) atoms. The lowest BCUT2D eigenvalue weighted by molar-refractivity contribution is -0.384. The molecule has 0 bridgehead atoms. The first kappa shape index (κ1) is 14.7. The monoisotopic (exact) mass is 398 g/mol. The number of non-ortho nitro benzene ring substituents is 1. The van der Waals surface area contributed by atoms with Crippen LogP contribution in [0, 0.1) is 10.1 Å². The zero-order valence-electron chi connectivity index (χ0n) is 9.97. The Morgan fingerprint density at radius 1 is 1.10 bits per heavy atom. The van der Waals surface area contributed by atoms with Crippen LogP contribution >= 0.6 is 31.9 Å². The molecule has 0 atom stereocenters. The molecule has 2 rings (SSSR count). The van der Waals surface area contributed by atoms with Crippen LogP contribution in [-0.2, 0) is 0 Å². The van der Waals surface area contributed by atoms with E-state index in [0.29, 0.717) is 20.2 Å². The fraction of sp³-hybridized carbons (Fsp3) is 0. The first-order valence-electron chi connectivity index (χ1n) is 5.49.